The van der Waals surface area contributed by atoms with Crippen molar-refractivity contribution < 1.29 is 9.59 Å². The van der Waals surface area contributed by atoms with Crippen LogP contribution in [0.2, 0.25) is 0 Å². The number of rotatable bonds is 3. The molecule has 0 aliphatic carbocycles. The van der Waals surface area contributed by atoms with Crippen molar-refractivity contribution in [3.8, 4) is 0 Å². The lowest BCUT2D eigenvalue weighted by atomic mass is 9.91. The van der Waals surface area contributed by atoms with Crippen LogP contribution in [0.1, 0.15) is 32.1 Å². The smallest absolute Gasteiger partial charge is 0.226 e. The Bertz CT molecular complexity index is 313. The highest BCUT2D eigenvalue weighted by molar-refractivity contribution is 5.86. The molecule has 2 saturated heterocycles. The van der Waals surface area contributed by atoms with Crippen LogP contribution in [-0.4, -0.2) is 49.4 Å². The Kier molecular flexibility index (Phi) is 4.58. The molecule has 0 unspecified atom stereocenters. The molecule has 2 N–H and O–H groups in total. The molecule has 0 aromatic heterocycles. The van der Waals surface area contributed by atoms with E-state index < -0.39 is 0 Å². The van der Waals surface area contributed by atoms with E-state index in [-0.39, 0.29) is 17.7 Å². The molecule has 2 fully saturated rings. The Balaban J connectivity index is 1.95. The molecular weight excluding hydrogens is 230 g/mol. The van der Waals surface area contributed by atoms with Crippen LogP contribution < -0.4 is 10.6 Å². The van der Waals surface area contributed by atoms with Gasteiger partial charge in [0, 0.05) is 32.0 Å². The highest BCUT2D eigenvalue weighted by atomic mass is 16.2. The van der Waals surface area contributed by atoms with Gasteiger partial charge in [-0.05, 0) is 38.8 Å². The zero-order valence-electron chi connectivity index (χ0n) is 11.1. The summed E-state index contributed by atoms with van der Waals surface area (Å²) in [4.78, 5) is 25.8. The van der Waals surface area contributed by atoms with E-state index in [1.807, 2.05) is 4.90 Å². The quantitative estimate of drug-likeness (QED) is 0.750. The van der Waals surface area contributed by atoms with Crippen LogP contribution in [0.3, 0.4) is 0 Å². The predicted molar refractivity (Wildman–Crippen MR) is 69.0 cm³/mol. The molecule has 0 radical (unpaired) electrons. The molecule has 5 nitrogen and oxygen atoms in total. The lowest BCUT2D eigenvalue weighted by Crippen LogP contribution is -2.51. The molecule has 18 heavy (non-hydrogen) atoms. The zero-order valence-corrected chi connectivity index (χ0v) is 11.1. The van der Waals surface area contributed by atoms with Gasteiger partial charge < -0.3 is 15.5 Å². The minimum atomic E-state index is -0.103. The normalized spacial score (nSPS) is 26.2. The van der Waals surface area contributed by atoms with Crippen molar-refractivity contribution in [2.75, 3.05) is 26.7 Å². The first-order valence-corrected chi connectivity index (χ1v) is 6.94. The summed E-state index contributed by atoms with van der Waals surface area (Å²) in [5, 5.41) is 5.93. The summed E-state index contributed by atoms with van der Waals surface area (Å²) in [6.07, 6.45) is 4.30. The Morgan fingerprint density at radius 1 is 1.39 bits per heavy atom. The highest BCUT2D eigenvalue weighted by Gasteiger charge is 2.34. The monoisotopic (exact) mass is 253 g/mol. The summed E-state index contributed by atoms with van der Waals surface area (Å²) in [7, 11) is 1.63. The number of nitrogens with zero attached hydrogens (tertiary/aromatic N) is 1. The third-order valence-electron chi connectivity index (χ3n) is 4.04. The first kappa shape index (κ1) is 13.3. The summed E-state index contributed by atoms with van der Waals surface area (Å²) >= 11 is 0. The topological polar surface area (TPSA) is 61.4 Å². The molecule has 2 rings (SSSR count). The van der Waals surface area contributed by atoms with Crippen molar-refractivity contribution >= 4 is 11.8 Å². The number of carbonyl (C=O) groups is 2. The fourth-order valence-electron chi connectivity index (χ4n) is 2.97. The fraction of sp³-hybridized carbons (Fsp3) is 0.846. The summed E-state index contributed by atoms with van der Waals surface area (Å²) < 4.78 is 0. The third kappa shape index (κ3) is 3.02. The number of carbonyl (C=O) groups excluding carboxylic acids is 2. The van der Waals surface area contributed by atoms with E-state index >= 15 is 0 Å². The van der Waals surface area contributed by atoms with Crippen molar-refractivity contribution in [1.29, 1.82) is 0 Å². The predicted octanol–water partition coefficient (Wildman–Crippen LogP) is 0.113. The van der Waals surface area contributed by atoms with E-state index in [1.165, 1.54) is 0 Å². The first-order chi connectivity index (χ1) is 8.72. The van der Waals surface area contributed by atoms with Crippen molar-refractivity contribution in [1.82, 2.24) is 15.5 Å². The SMILES string of the molecule is CNC(=O)C[C@H]1CCCN(C2CCNCC2)C1=O. The van der Waals surface area contributed by atoms with Gasteiger partial charge in [-0.25, -0.2) is 0 Å². The van der Waals surface area contributed by atoms with E-state index in [9.17, 15) is 9.59 Å². The molecule has 0 spiro atoms. The standard InChI is InChI=1S/C13H23N3O2/c1-14-12(17)9-10-3-2-8-16(13(10)18)11-4-6-15-7-5-11/h10-11,15H,2-9H2,1H3,(H,14,17)/t10-/m1/s1. The maximum atomic E-state index is 12.4. The van der Waals surface area contributed by atoms with Crippen LogP contribution in [0.25, 0.3) is 0 Å². The van der Waals surface area contributed by atoms with Crippen molar-refractivity contribution in [3.05, 3.63) is 0 Å². The molecule has 2 aliphatic heterocycles. The average Bonchev–Trinajstić information content (AvgIpc) is 2.42. The summed E-state index contributed by atoms with van der Waals surface area (Å²) in [5.41, 5.74) is 0. The van der Waals surface area contributed by atoms with Gasteiger partial charge in [0.25, 0.3) is 0 Å². The van der Waals surface area contributed by atoms with Crippen molar-refractivity contribution in [2.24, 2.45) is 5.92 Å². The van der Waals surface area contributed by atoms with E-state index in [0.29, 0.717) is 12.5 Å². The molecule has 0 saturated carbocycles. The van der Waals surface area contributed by atoms with Gasteiger partial charge in [-0.1, -0.05) is 0 Å². The second-order valence-corrected chi connectivity index (χ2v) is 5.23. The van der Waals surface area contributed by atoms with Gasteiger partial charge in [-0.15, -0.1) is 0 Å². The van der Waals surface area contributed by atoms with E-state index in [2.05, 4.69) is 10.6 Å². The highest BCUT2D eigenvalue weighted by Crippen LogP contribution is 2.25. The number of hydrogen-bond donors (Lipinski definition) is 2. The van der Waals surface area contributed by atoms with Crippen molar-refractivity contribution in [3.63, 3.8) is 0 Å². The molecule has 5 heteroatoms. The van der Waals surface area contributed by atoms with E-state index in [4.69, 9.17) is 0 Å². The van der Waals surface area contributed by atoms with Gasteiger partial charge in [0.15, 0.2) is 0 Å². The second kappa shape index (κ2) is 6.18. The molecule has 0 aromatic carbocycles. The maximum Gasteiger partial charge on any atom is 0.226 e. The number of likely N-dealkylation sites (tertiary alicyclic amines) is 1. The second-order valence-electron chi connectivity index (χ2n) is 5.23. The Hall–Kier alpha value is -1.10. The lowest BCUT2D eigenvalue weighted by Gasteiger charge is -2.39. The van der Waals surface area contributed by atoms with Crippen LogP contribution in [-0.2, 0) is 9.59 Å². The zero-order chi connectivity index (χ0) is 13.0. The van der Waals surface area contributed by atoms with Crippen molar-refractivity contribution in [2.45, 2.75) is 38.1 Å². The molecule has 2 heterocycles. The van der Waals surface area contributed by atoms with Gasteiger partial charge >= 0.3 is 0 Å². The third-order valence-corrected chi connectivity index (χ3v) is 4.04. The summed E-state index contributed by atoms with van der Waals surface area (Å²) in [6, 6.07) is 0.381. The number of hydrogen-bond acceptors (Lipinski definition) is 3. The van der Waals surface area contributed by atoms with Crippen LogP contribution in [0.5, 0.6) is 0 Å². The van der Waals surface area contributed by atoms with Gasteiger partial charge in [0.1, 0.15) is 0 Å². The summed E-state index contributed by atoms with van der Waals surface area (Å²) in [5.74, 6) is 0.0610. The van der Waals surface area contributed by atoms with Gasteiger partial charge in [0.05, 0.1) is 0 Å². The fourth-order valence-corrected chi connectivity index (χ4v) is 2.97. The first-order valence-electron chi connectivity index (χ1n) is 6.94. The van der Waals surface area contributed by atoms with Gasteiger partial charge in [-0.2, -0.15) is 0 Å². The van der Waals surface area contributed by atoms with Gasteiger partial charge in [-0.3, -0.25) is 9.59 Å². The van der Waals surface area contributed by atoms with Crippen LogP contribution in [0.4, 0.5) is 0 Å². The molecule has 0 aromatic rings. The van der Waals surface area contributed by atoms with Gasteiger partial charge in [0.2, 0.25) is 11.8 Å². The molecule has 0 bridgehead atoms. The molecule has 2 amide bonds. The molecular formula is C13H23N3O2. The Labute approximate surface area is 108 Å². The largest absolute Gasteiger partial charge is 0.359 e. The van der Waals surface area contributed by atoms with E-state index in [1.54, 1.807) is 7.05 Å². The minimum Gasteiger partial charge on any atom is -0.359 e. The molecule has 1 atom stereocenters. The number of amides is 2. The Morgan fingerprint density at radius 3 is 2.78 bits per heavy atom. The van der Waals surface area contributed by atoms with Crippen LogP contribution >= 0.6 is 0 Å². The Morgan fingerprint density at radius 2 is 2.11 bits per heavy atom. The van der Waals surface area contributed by atoms with Crippen LogP contribution in [0, 0.1) is 5.92 Å². The van der Waals surface area contributed by atoms with Crippen LogP contribution in [0.15, 0.2) is 0 Å². The average molecular weight is 253 g/mol. The maximum absolute atomic E-state index is 12.4. The minimum absolute atomic E-state index is 0.0273. The molecule has 2 aliphatic rings. The summed E-state index contributed by atoms with van der Waals surface area (Å²) in [6.45, 7) is 2.86. The number of piperidine rings is 2. The van der Waals surface area contributed by atoms with E-state index in [0.717, 1.165) is 45.3 Å². The lowest BCUT2D eigenvalue weighted by molar-refractivity contribution is -0.144. The molecule has 102 valence electrons. The number of nitrogens with one attached hydrogen (secondary N) is 2.